The summed E-state index contributed by atoms with van der Waals surface area (Å²) in [5, 5.41) is 2.84. The maximum Gasteiger partial charge on any atom is 0.407 e. The van der Waals surface area contributed by atoms with Gasteiger partial charge in [-0.05, 0) is 85.3 Å². The fourth-order valence-electron chi connectivity index (χ4n) is 4.57. The molecule has 4 rings (SSSR count). The first-order valence-corrected chi connectivity index (χ1v) is 14.1. The molecule has 1 atom stereocenters. The predicted molar refractivity (Wildman–Crippen MR) is 160 cm³/mol. The number of carbonyl (C=O) groups excluding carboxylic acids is 2. The molecule has 1 aliphatic heterocycles. The lowest BCUT2D eigenvalue weighted by molar-refractivity contribution is 0.0525. The summed E-state index contributed by atoms with van der Waals surface area (Å²) in [4.78, 5) is 32.3. The SMILES string of the molecule is COc1nc(C)c(N2CCCOc3cccc(Br)c3C2=O)cc1-c1ccc(C(C)CNC(=O)OC(C)(C)C)cc1. The Balaban J connectivity index is 1.61. The van der Waals surface area contributed by atoms with Gasteiger partial charge in [0.2, 0.25) is 5.88 Å². The zero-order valence-corrected chi connectivity index (χ0v) is 25.4. The first-order chi connectivity index (χ1) is 19.0. The monoisotopic (exact) mass is 609 g/mol. The molecule has 0 fully saturated rings. The zero-order valence-electron chi connectivity index (χ0n) is 23.8. The highest BCUT2D eigenvalue weighted by atomic mass is 79.9. The van der Waals surface area contributed by atoms with Crippen LogP contribution in [0.1, 0.15) is 61.6 Å². The minimum absolute atomic E-state index is 0.0783. The predicted octanol–water partition coefficient (Wildman–Crippen LogP) is 6.89. The third kappa shape index (κ3) is 6.75. The van der Waals surface area contributed by atoms with E-state index in [0.29, 0.717) is 53.5 Å². The minimum atomic E-state index is -0.542. The number of pyridine rings is 1. The fourth-order valence-corrected chi connectivity index (χ4v) is 5.09. The average Bonchev–Trinajstić information content (AvgIpc) is 2.90. The molecule has 2 amide bonds. The van der Waals surface area contributed by atoms with Crippen LogP contribution in [0.4, 0.5) is 10.5 Å². The Morgan fingerprint density at radius 2 is 1.93 bits per heavy atom. The summed E-state index contributed by atoms with van der Waals surface area (Å²) in [7, 11) is 1.59. The molecular formula is C31H36BrN3O5. The molecule has 0 saturated heterocycles. The number of rotatable bonds is 6. The van der Waals surface area contributed by atoms with E-state index in [1.165, 1.54) is 0 Å². The molecule has 0 radical (unpaired) electrons. The van der Waals surface area contributed by atoms with E-state index in [0.717, 1.165) is 22.4 Å². The van der Waals surface area contributed by atoms with Gasteiger partial charge in [0.05, 0.1) is 30.7 Å². The third-order valence-corrected chi connectivity index (χ3v) is 7.26. The number of aryl methyl sites for hydroxylation is 1. The molecule has 0 saturated carbocycles. The molecule has 8 nitrogen and oxygen atoms in total. The van der Waals surface area contributed by atoms with E-state index in [-0.39, 0.29) is 11.8 Å². The van der Waals surface area contributed by atoms with Crippen LogP contribution in [0.15, 0.2) is 53.0 Å². The first kappa shape index (κ1) is 29.4. The minimum Gasteiger partial charge on any atom is -0.493 e. The van der Waals surface area contributed by atoms with Crippen molar-refractivity contribution in [1.29, 1.82) is 0 Å². The third-order valence-electron chi connectivity index (χ3n) is 6.60. The number of benzene rings is 2. The second-order valence-corrected chi connectivity index (χ2v) is 11.7. The Hall–Kier alpha value is -3.59. The molecule has 0 bridgehead atoms. The van der Waals surface area contributed by atoms with Crippen molar-refractivity contribution in [3.05, 3.63) is 69.8 Å². The summed E-state index contributed by atoms with van der Waals surface area (Å²) in [6.07, 6.45) is 0.251. The van der Waals surface area contributed by atoms with E-state index in [1.807, 2.05) is 83.1 Å². The van der Waals surface area contributed by atoms with Crippen LogP contribution < -0.4 is 19.7 Å². The molecule has 2 aromatic carbocycles. The lowest BCUT2D eigenvalue weighted by Gasteiger charge is -2.28. The van der Waals surface area contributed by atoms with Gasteiger partial charge in [-0.1, -0.05) is 37.3 Å². The maximum atomic E-state index is 13.8. The number of alkyl carbamates (subject to hydrolysis) is 1. The second-order valence-electron chi connectivity index (χ2n) is 10.8. The van der Waals surface area contributed by atoms with Gasteiger partial charge in [0, 0.05) is 23.1 Å². The van der Waals surface area contributed by atoms with Crippen molar-refractivity contribution in [3.8, 4) is 22.8 Å². The van der Waals surface area contributed by atoms with E-state index < -0.39 is 11.7 Å². The fraction of sp³-hybridized carbons (Fsp3) is 0.387. The molecule has 1 aliphatic rings. The van der Waals surface area contributed by atoms with E-state index in [1.54, 1.807) is 12.0 Å². The number of methoxy groups -OCH3 is 1. The molecule has 2 heterocycles. The van der Waals surface area contributed by atoms with E-state index in [4.69, 9.17) is 19.2 Å². The number of anilines is 1. The van der Waals surface area contributed by atoms with Crippen LogP contribution in [-0.4, -0.2) is 49.4 Å². The van der Waals surface area contributed by atoms with Gasteiger partial charge < -0.3 is 24.4 Å². The number of aromatic nitrogens is 1. The number of hydrogen-bond donors (Lipinski definition) is 1. The number of nitrogens with one attached hydrogen (secondary N) is 1. The zero-order chi connectivity index (χ0) is 29.0. The van der Waals surface area contributed by atoms with Gasteiger partial charge in [-0.25, -0.2) is 9.78 Å². The first-order valence-electron chi connectivity index (χ1n) is 13.3. The van der Waals surface area contributed by atoms with Crippen molar-refractivity contribution in [2.24, 2.45) is 0 Å². The number of halogens is 1. The number of ether oxygens (including phenoxy) is 3. The van der Waals surface area contributed by atoms with Crippen molar-refractivity contribution in [2.45, 2.75) is 52.6 Å². The standard InChI is InChI=1S/C31H36BrN3O5/c1-19(18-33-30(37)40-31(3,4)5)21-11-13-22(14-12-21)23-17-25(20(2)34-28(23)38-6)35-15-8-16-39-26-10-7-9-24(32)27(26)29(35)36/h7,9-14,17,19H,8,15-16,18H2,1-6H3,(H,33,37). The van der Waals surface area contributed by atoms with E-state index >= 15 is 0 Å². The molecule has 9 heteroatoms. The molecule has 1 N–H and O–H groups in total. The number of amides is 2. The van der Waals surface area contributed by atoms with Crippen molar-refractivity contribution in [1.82, 2.24) is 10.3 Å². The van der Waals surface area contributed by atoms with Gasteiger partial charge in [0.15, 0.2) is 0 Å². The molecule has 0 aliphatic carbocycles. The Morgan fingerprint density at radius 3 is 2.60 bits per heavy atom. The van der Waals surface area contributed by atoms with Crippen LogP contribution >= 0.6 is 15.9 Å². The van der Waals surface area contributed by atoms with Gasteiger partial charge in [-0.15, -0.1) is 0 Å². The van der Waals surface area contributed by atoms with Gasteiger partial charge in [0.1, 0.15) is 11.4 Å². The van der Waals surface area contributed by atoms with Crippen molar-refractivity contribution in [2.75, 3.05) is 31.7 Å². The summed E-state index contributed by atoms with van der Waals surface area (Å²) < 4.78 is 17.5. The molecule has 40 heavy (non-hydrogen) atoms. The number of hydrogen-bond acceptors (Lipinski definition) is 6. The second kappa shape index (κ2) is 12.3. The van der Waals surface area contributed by atoms with E-state index in [9.17, 15) is 9.59 Å². The topological polar surface area (TPSA) is 90.0 Å². The highest BCUT2D eigenvalue weighted by Gasteiger charge is 2.28. The Kier molecular flexibility index (Phi) is 9.03. The van der Waals surface area contributed by atoms with Crippen LogP contribution in [0.5, 0.6) is 11.6 Å². The van der Waals surface area contributed by atoms with Crippen LogP contribution in [0, 0.1) is 6.92 Å². The van der Waals surface area contributed by atoms with Crippen LogP contribution in [0.2, 0.25) is 0 Å². The van der Waals surface area contributed by atoms with Crippen molar-refractivity contribution < 1.29 is 23.8 Å². The average molecular weight is 611 g/mol. The Labute approximate surface area is 244 Å². The lowest BCUT2D eigenvalue weighted by atomic mass is 9.97. The number of fused-ring (bicyclic) bond motifs is 1. The number of carbonyl (C=O) groups is 2. The van der Waals surface area contributed by atoms with Gasteiger partial charge in [0.25, 0.3) is 5.91 Å². The summed E-state index contributed by atoms with van der Waals surface area (Å²) >= 11 is 3.53. The summed E-state index contributed by atoms with van der Waals surface area (Å²) in [6, 6.07) is 15.6. The van der Waals surface area contributed by atoms with Gasteiger partial charge in [-0.2, -0.15) is 0 Å². The quantitative estimate of drug-likeness (QED) is 0.327. The molecule has 1 unspecified atom stereocenters. The van der Waals surface area contributed by atoms with Crippen molar-refractivity contribution in [3.63, 3.8) is 0 Å². The largest absolute Gasteiger partial charge is 0.493 e. The molecule has 212 valence electrons. The Bertz CT molecular complexity index is 1380. The number of nitrogens with zero attached hydrogens (tertiary/aromatic N) is 2. The summed E-state index contributed by atoms with van der Waals surface area (Å²) in [6.45, 7) is 10.9. The van der Waals surface area contributed by atoms with Gasteiger partial charge in [-0.3, -0.25) is 4.79 Å². The molecule has 0 spiro atoms. The van der Waals surface area contributed by atoms with Crippen LogP contribution in [-0.2, 0) is 4.74 Å². The van der Waals surface area contributed by atoms with Crippen LogP contribution in [0.3, 0.4) is 0 Å². The van der Waals surface area contributed by atoms with Crippen molar-refractivity contribution >= 4 is 33.6 Å². The molecular weight excluding hydrogens is 574 g/mol. The highest BCUT2D eigenvalue weighted by Crippen LogP contribution is 2.37. The lowest BCUT2D eigenvalue weighted by Crippen LogP contribution is -2.35. The maximum absolute atomic E-state index is 13.8. The molecule has 3 aromatic rings. The smallest absolute Gasteiger partial charge is 0.407 e. The normalized spacial score (nSPS) is 14.4. The van der Waals surface area contributed by atoms with E-state index in [2.05, 4.69) is 21.2 Å². The molecule has 1 aromatic heterocycles. The Morgan fingerprint density at radius 1 is 1.20 bits per heavy atom. The highest BCUT2D eigenvalue weighted by molar-refractivity contribution is 9.10. The van der Waals surface area contributed by atoms with Gasteiger partial charge >= 0.3 is 6.09 Å². The van der Waals surface area contributed by atoms with Crippen LogP contribution in [0.25, 0.3) is 11.1 Å². The summed E-state index contributed by atoms with van der Waals surface area (Å²) in [5.41, 5.74) is 4.14. The summed E-state index contributed by atoms with van der Waals surface area (Å²) in [5.74, 6) is 0.978.